The highest BCUT2D eigenvalue weighted by Crippen LogP contribution is 2.56. The van der Waals surface area contributed by atoms with Crippen LogP contribution in [0.15, 0.2) is 133 Å². The van der Waals surface area contributed by atoms with E-state index >= 15 is 0 Å². The van der Waals surface area contributed by atoms with Crippen LogP contribution in [-0.2, 0) is 35.2 Å². The molecule has 76 heavy (non-hydrogen) atoms. The number of ether oxygens (including phenoxy) is 4. The van der Waals surface area contributed by atoms with Crippen LogP contribution in [0.25, 0.3) is 77.7 Å². The second kappa shape index (κ2) is 20.7. The molecule has 4 aliphatic carbocycles. The Morgan fingerprint density at radius 1 is 0.447 bits per heavy atom. The number of rotatable bonds is 9. The Morgan fingerprint density at radius 2 is 0.842 bits per heavy atom. The normalized spacial score (nSPS) is 20.8. The lowest BCUT2D eigenvalue weighted by Crippen LogP contribution is -2.36. The molecule has 0 saturated heterocycles. The van der Waals surface area contributed by atoms with Gasteiger partial charge in [-0.2, -0.15) is 0 Å². The minimum atomic E-state index is -0.757. The van der Waals surface area contributed by atoms with Crippen molar-refractivity contribution < 1.29 is 28.5 Å². The van der Waals surface area contributed by atoms with E-state index < -0.39 is 12.3 Å². The van der Waals surface area contributed by atoms with Crippen molar-refractivity contribution in [1.29, 1.82) is 0 Å². The highest BCUT2D eigenvalue weighted by atomic mass is 16.7. The summed E-state index contributed by atoms with van der Waals surface area (Å²) in [5.74, 6) is 2.48. The Labute approximate surface area is 447 Å². The SMILES string of the molecule is CC(C)[C@@H]1CC[C@@H](C)C[C@H]1OC(=O)Oc1ccc2c(c1-c1c(OC(=O)O[C@@H]3C[C@H](C)CC[C@H]3C(C)C)ccc3c1-c1nc4ccccc4c(-c4ccccc4)c1CC3)-c1nc3ccccc3c(-c3ccccc3)c1CC2. The maximum absolute atomic E-state index is 14.8. The van der Waals surface area contributed by atoms with Crippen molar-refractivity contribution in [3.05, 3.63) is 156 Å². The van der Waals surface area contributed by atoms with Gasteiger partial charge in [-0.1, -0.05) is 164 Å². The number of carbonyl (C=O) groups is 2. The molecule has 0 aliphatic heterocycles. The first-order valence-electron chi connectivity index (χ1n) is 28.0. The number of carbonyl (C=O) groups excluding carboxylic acids is 2. The number of benzene rings is 6. The number of aromatic nitrogens is 2. The van der Waals surface area contributed by atoms with Gasteiger partial charge in [0, 0.05) is 33.0 Å². The van der Waals surface area contributed by atoms with Crippen LogP contribution >= 0.6 is 0 Å². The molecule has 8 heteroatoms. The van der Waals surface area contributed by atoms with Gasteiger partial charge in [-0.25, -0.2) is 19.6 Å². The van der Waals surface area contributed by atoms with Crippen LogP contribution in [0.3, 0.4) is 0 Å². The summed E-state index contributed by atoms with van der Waals surface area (Å²) in [7, 11) is 0. The second-order valence-corrected chi connectivity index (χ2v) is 23.0. The molecule has 2 aromatic heterocycles. The third kappa shape index (κ3) is 9.21. The Kier molecular flexibility index (Phi) is 13.5. The topological polar surface area (TPSA) is 96.8 Å². The number of aryl methyl sites for hydroxylation is 2. The quantitative estimate of drug-likeness (QED) is 0.104. The first-order chi connectivity index (χ1) is 37.0. The van der Waals surface area contributed by atoms with Crippen molar-refractivity contribution in [2.24, 2.45) is 35.5 Å². The number of nitrogens with zero attached hydrogens (tertiary/aromatic N) is 2. The standard InChI is InChI=1S/C68H68N2O6/c1-39(2)47-31-25-41(5)37-57(47)75-67(71)73-55-35-29-45-27-33-51-59(43-17-9-7-10-18-43)49-21-13-15-23-53(49)69-65(51)61(45)63(55)64-56(74-68(72)76-58-38-42(6)26-32-48(58)40(3)4)36-30-46-28-34-52-60(44-19-11-8-12-20-44)50-22-14-16-24-54(50)70-66(52)62(46)64/h7-24,29-30,35-36,39-42,47-48,57-58H,25-28,31-34,37-38H2,1-6H3/t41-,42-,47+,48+,57-,58-/m1/s1. The molecule has 0 spiro atoms. The van der Waals surface area contributed by atoms with Crippen LogP contribution in [0.1, 0.15) is 102 Å². The van der Waals surface area contributed by atoms with E-state index in [9.17, 15) is 9.59 Å². The van der Waals surface area contributed by atoms with Crippen LogP contribution in [0.5, 0.6) is 11.5 Å². The van der Waals surface area contributed by atoms with E-state index in [0.29, 0.717) is 59.1 Å². The average molecular weight is 1010 g/mol. The Balaban J connectivity index is 1.14. The van der Waals surface area contributed by atoms with Gasteiger partial charge in [0.15, 0.2) is 0 Å². The molecule has 6 aromatic carbocycles. The predicted octanol–water partition coefficient (Wildman–Crippen LogP) is 17.3. The maximum atomic E-state index is 14.8. The third-order valence-electron chi connectivity index (χ3n) is 17.4. The molecule has 6 atom stereocenters. The summed E-state index contributed by atoms with van der Waals surface area (Å²) < 4.78 is 26.5. The Hall–Kier alpha value is -7.32. The average Bonchev–Trinajstić information content (AvgIpc) is 3.61. The molecular formula is C68H68N2O6. The molecule has 12 rings (SSSR count). The van der Waals surface area contributed by atoms with Crippen LogP contribution in [0.4, 0.5) is 9.59 Å². The molecule has 8 nitrogen and oxygen atoms in total. The lowest BCUT2D eigenvalue weighted by molar-refractivity contribution is -0.0145. The van der Waals surface area contributed by atoms with Crippen LogP contribution in [0, 0.1) is 35.5 Å². The maximum Gasteiger partial charge on any atom is 0.514 e. The van der Waals surface area contributed by atoms with Gasteiger partial charge < -0.3 is 18.9 Å². The van der Waals surface area contributed by atoms with Gasteiger partial charge in [0.2, 0.25) is 0 Å². The van der Waals surface area contributed by atoms with Gasteiger partial charge in [-0.15, -0.1) is 0 Å². The highest BCUT2D eigenvalue weighted by molar-refractivity contribution is 6.07. The fraction of sp³-hybridized carbons (Fsp3) is 0.353. The Morgan fingerprint density at radius 3 is 1.25 bits per heavy atom. The molecule has 2 fully saturated rings. The van der Waals surface area contributed by atoms with E-state index in [1.54, 1.807) is 0 Å². The van der Waals surface area contributed by atoms with E-state index in [1.165, 1.54) is 0 Å². The largest absolute Gasteiger partial charge is 0.514 e. The molecule has 0 unspecified atom stereocenters. The van der Waals surface area contributed by atoms with E-state index in [2.05, 4.69) is 139 Å². The fourth-order valence-electron chi connectivity index (χ4n) is 13.6. The second-order valence-electron chi connectivity index (χ2n) is 23.0. The van der Waals surface area contributed by atoms with E-state index in [0.717, 1.165) is 140 Å². The molecule has 0 radical (unpaired) electrons. The summed E-state index contributed by atoms with van der Waals surface area (Å²) in [5.41, 5.74) is 14.9. The monoisotopic (exact) mass is 1010 g/mol. The first kappa shape index (κ1) is 49.6. The summed E-state index contributed by atoms with van der Waals surface area (Å²) >= 11 is 0. The van der Waals surface area contributed by atoms with Crippen LogP contribution in [0.2, 0.25) is 0 Å². The van der Waals surface area contributed by atoms with Gasteiger partial charge in [-0.05, 0) is 156 Å². The zero-order valence-corrected chi connectivity index (χ0v) is 44.7. The van der Waals surface area contributed by atoms with Crippen LogP contribution in [-0.4, -0.2) is 34.5 Å². The van der Waals surface area contributed by atoms with E-state index in [4.69, 9.17) is 28.9 Å². The number of fused-ring (bicyclic) bond motifs is 8. The Bertz CT molecular complexity index is 3280. The van der Waals surface area contributed by atoms with Gasteiger partial charge in [0.05, 0.1) is 22.4 Å². The van der Waals surface area contributed by atoms with Crippen molar-refractivity contribution in [2.75, 3.05) is 0 Å². The van der Waals surface area contributed by atoms with E-state index in [1.807, 2.05) is 36.4 Å². The van der Waals surface area contributed by atoms with E-state index in [-0.39, 0.29) is 24.0 Å². The smallest absolute Gasteiger partial charge is 0.430 e. The summed E-state index contributed by atoms with van der Waals surface area (Å²) in [6.07, 6.45) is 6.44. The van der Waals surface area contributed by atoms with Gasteiger partial charge in [-0.3, -0.25) is 0 Å². The third-order valence-corrected chi connectivity index (χ3v) is 17.4. The van der Waals surface area contributed by atoms with Crippen molar-refractivity contribution >= 4 is 34.1 Å². The first-order valence-corrected chi connectivity index (χ1v) is 28.0. The lowest BCUT2D eigenvalue weighted by atomic mass is 9.75. The minimum absolute atomic E-state index is 0.207. The summed E-state index contributed by atoms with van der Waals surface area (Å²) in [4.78, 5) is 40.9. The molecule has 0 amide bonds. The van der Waals surface area contributed by atoms with Crippen molar-refractivity contribution in [3.8, 4) is 67.4 Å². The zero-order valence-electron chi connectivity index (χ0n) is 44.7. The number of hydrogen-bond donors (Lipinski definition) is 0. The fourth-order valence-corrected chi connectivity index (χ4v) is 13.6. The molecule has 2 saturated carbocycles. The summed E-state index contributed by atoms with van der Waals surface area (Å²) in [6.45, 7) is 13.3. The summed E-state index contributed by atoms with van der Waals surface area (Å²) in [5, 5.41) is 2.13. The van der Waals surface area contributed by atoms with Gasteiger partial charge in [0.1, 0.15) is 23.7 Å². The molecule has 8 aromatic rings. The molecule has 2 heterocycles. The van der Waals surface area contributed by atoms with Crippen LogP contribution < -0.4 is 9.47 Å². The van der Waals surface area contributed by atoms with Gasteiger partial charge >= 0.3 is 12.3 Å². The van der Waals surface area contributed by atoms with Gasteiger partial charge in [0.25, 0.3) is 0 Å². The molecule has 386 valence electrons. The summed E-state index contributed by atoms with van der Waals surface area (Å²) in [6, 6.07) is 45.8. The number of hydrogen-bond acceptors (Lipinski definition) is 8. The number of pyridine rings is 2. The molecule has 4 aliphatic rings. The molecule has 0 N–H and O–H groups in total. The zero-order chi connectivity index (χ0) is 52.2. The molecular weight excluding hydrogens is 941 g/mol. The lowest BCUT2D eigenvalue weighted by Gasteiger charge is -2.36. The predicted molar refractivity (Wildman–Crippen MR) is 304 cm³/mol. The minimum Gasteiger partial charge on any atom is -0.430 e. The van der Waals surface area contributed by atoms with Crippen molar-refractivity contribution in [1.82, 2.24) is 9.97 Å². The number of para-hydroxylation sites is 2. The van der Waals surface area contributed by atoms with Crippen molar-refractivity contribution in [2.45, 2.75) is 118 Å². The highest BCUT2D eigenvalue weighted by Gasteiger charge is 2.39. The molecule has 0 bridgehead atoms. The van der Waals surface area contributed by atoms with Crippen molar-refractivity contribution in [3.63, 3.8) is 0 Å².